The Morgan fingerprint density at radius 2 is 1.89 bits per heavy atom. The number of ether oxygens (including phenoxy) is 3. The molecule has 0 bridgehead atoms. The van der Waals surface area contributed by atoms with Crippen LogP contribution < -0.4 is 4.74 Å². The number of halogens is 1. The molecular weight excluding hydrogens is 470 g/mol. The van der Waals surface area contributed by atoms with Crippen molar-refractivity contribution in [2.75, 3.05) is 46.1 Å². The first-order valence-electron chi connectivity index (χ1n) is 11.9. The molecule has 3 aromatic rings. The third-order valence-corrected chi connectivity index (χ3v) is 6.75. The highest BCUT2D eigenvalue weighted by atomic mass is 35.5. The molecule has 1 unspecified atom stereocenters. The molecule has 0 saturated carbocycles. The highest BCUT2D eigenvalue weighted by molar-refractivity contribution is 6.31. The van der Waals surface area contributed by atoms with Crippen LogP contribution in [0, 0.1) is 0 Å². The molecule has 0 radical (unpaired) electrons. The van der Waals surface area contributed by atoms with Crippen LogP contribution in [0.3, 0.4) is 0 Å². The third-order valence-electron chi connectivity index (χ3n) is 6.51. The van der Waals surface area contributed by atoms with Crippen LogP contribution in [-0.2, 0) is 20.7 Å². The minimum Gasteiger partial charge on any atom is -0.484 e. The summed E-state index contributed by atoms with van der Waals surface area (Å²) >= 11 is 6.27. The number of nitrogens with zero attached hydrogens (tertiary/aromatic N) is 2. The number of aromatic amines is 1. The summed E-state index contributed by atoms with van der Waals surface area (Å²) in [7, 11) is 0. The van der Waals surface area contributed by atoms with Crippen LogP contribution in [0.15, 0.2) is 42.5 Å². The van der Waals surface area contributed by atoms with E-state index in [2.05, 4.69) is 4.98 Å². The molecule has 2 aromatic carbocycles. The van der Waals surface area contributed by atoms with E-state index in [9.17, 15) is 9.59 Å². The summed E-state index contributed by atoms with van der Waals surface area (Å²) in [6, 6.07) is 13.0. The van der Waals surface area contributed by atoms with Gasteiger partial charge in [-0.25, -0.2) is 4.79 Å². The van der Waals surface area contributed by atoms with Gasteiger partial charge in [0.1, 0.15) is 11.8 Å². The Morgan fingerprint density at radius 1 is 1.11 bits per heavy atom. The predicted molar refractivity (Wildman–Crippen MR) is 132 cm³/mol. The lowest BCUT2D eigenvalue weighted by molar-refractivity contribution is -0.137. The molecular formula is C26H28ClN3O5. The largest absolute Gasteiger partial charge is 0.484 e. The minimum absolute atomic E-state index is 0.0232. The first-order chi connectivity index (χ1) is 17.0. The second-order valence-electron chi connectivity index (χ2n) is 8.60. The fourth-order valence-corrected chi connectivity index (χ4v) is 4.98. The van der Waals surface area contributed by atoms with E-state index in [1.165, 1.54) is 0 Å². The van der Waals surface area contributed by atoms with Crippen LogP contribution >= 0.6 is 11.6 Å². The number of hydrogen-bond donors (Lipinski definition) is 1. The lowest BCUT2D eigenvalue weighted by atomic mass is 9.92. The number of carbonyl (C=O) groups is 2. The van der Waals surface area contributed by atoms with Gasteiger partial charge >= 0.3 is 6.09 Å². The van der Waals surface area contributed by atoms with Crippen molar-refractivity contribution in [3.8, 4) is 5.75 Å². The molecule has 9 heteroatoms. The van der Waals surface area contributed by atoms with Crippen molar-refractivity contribution in [3.05, 3.63) is 64.3 Å². The number of hydrogen-bond acceptors (Lipinski definition) is 5. The monoisotopic (exact) mass is 497 g/mol. The first kappa shape index (κ1) is 23.5. The Hall–Kier alpha value is -3.23. The number of carbonyl (C=O) groups excluding carboxylic acids is 2. The Bertz CT molecular complexity index is 1220. The molecule has 1 fully saturated rings. The Kier molecular flexibility index (Phi) is 6.83. The topological polar surface area (TPSA) is 84.1 Å². The van der Waals surface area contributed by atoms with E-state index in [0.29, 0.717) is 56.6 Å². The maximum absolute atomic E-state index is 12.8. The van der Waals surface area contributed by atoms with Crippen molar-refractivity contribution in [2.24, 2.45) is 0 Å². The van der Waals surface area contributed by atoms with Crippen LogP contribution in [0.25, 0.3) is 10.9 Å². The van der Waals surface area contributed by atoms with Crippen LogP contribution in [0.4, 0.5) is 4.79 Å². The quantitative estimate of drug-likeness (QED) is 0.572. The molecule has 3 heterocycles. The van der Waals surface area contributed by atoms with Crippen LogP contribution in [0.1, 0.15) is 29.8 Å². The number of rotatable bonds is 5. The smallest absolute Gasteiger partial charge is 0.410 e. The van der Waals surface area contributed by atoms with Crippen LogP contribution in [0.5, 0.6) is 5.75 Å². The molecule has 1 N–H and O–H groups in total. The summed E-state index contributed by atoms with van der Waals surface area (Å²) < 4.78 is 16.4. The molecule has 35 heavy (non-hydrogen) atoms. The second kappa shape index (κ2) is 10.2. The fraction of sp³-hybridized carbons (Fsp3) is 0.385. The van der Waals surface area contributed by atoms with Gasteiger partial charge in [-0.05, 0) is 54.8 Å². The summed E-state index contributed by atoms with van der Waals surface area (Å²) in [5.74, 6) is 0.539. The third kappa shape index (κ3) is 4.81. The summed E-state index contributed by atoms with van der Waals surface area (Å²) in [5, 5.41) is 1.75. The molecule has 5 rings (SSSR count). The van der Waals surface area contributed by atoms with Gasteiger partial charge in [-0.15, -0.1) is 0 Å². The number of fused-ring (bicyclic) bond motifs is 3. The number of benzene rings is 2. The number of H-pyrrole nitrogens is 1. The van der Waals surface area contributed by atoms with E-state index in [1.807, 2.05) is 42.5 Å². The molecule has 2 aliphatic rings. The van der Waals surface area contributed by atoms with E-state index in [1.54, 1.807) is 16.7 Å². The standard InChI is InChI=1S/C26H28ClN3O5/c1-2-34-26(32)30-10-9-20-21-15-18(27)5-8-22(21)28-24(20)25(30)17-3-6-19(7-4-17)35-16-23(31)29-11-13-33-14-12-29/h3-8,15,25,28H,2,9-14,16H2,1H3. The normalized spacial score (nSPS) is 17.8. The van der Waals surface area contributed by atoms with Gasteiger partial charge in [-0.3, -0.25) is 9.69 Å². The van der Waals surface area contributed by atoms with Gasteiger partial charge in [0.2, 0.25) is 0 Å². The van der Waals surface area contributed by atoms with Gasteiger partial charge in [-0.1, -0.05) is 23.7 Å². The second-order valence-corrected chi connectivity index (χ2v) is 9.04. The molecule has 2 aliphatic heterocycles. The molecule has 184 valence electrons. The number of amides is 2. The molecule has 0 aliphatic carbocycles. The summed E-state index contributed by atoms with van der Waals surface area (Å²) in [6.07, 6.45) is 0.354. The van der Waals surface area contributed by atoms with Crippen molar-refractivity contribution in [2.45, 2.75) is 19.4 Å². The van der Waals surface area contributed by atoms with E-state index < -0.39 is 0 Å². The zero-order chi connectivity index (χ0) is 24.4. The minimum atomic E-state index is -0.351. The number of morpholine rings is 1. The van der Waals surface area contributed by atoms with Crippen molar-refractivity contribution >= 4 is 34.5 Å². The van der Waals surface area contributed by atoms with Crippen molar-refractivity contribution in [1.29, 1.82) is 0 Å². The van der Waals surface area contributed by atoms with Gasteiger partial charge in [0.15, 0.2) is 6.61 Å². The first-order valence-corrected chi connectivity index (χ1v) is 12.2. The van der Waals surface area contributed by atoms with Gasteiger partial charge in [0.25, 0.3) is 5.91 Å². The summed E-state index contributed by atoms with van der Waals surface area (Å²) in [6.45, 7) is 4.90. The Labute approximate surface area is 208 Å². The average Bonchev–Trinajstić information content (AvgIpc) is 3.25. The Morgan fingerprint density at radius 3 is 2.63 bits per heavy atom. The highest BCUT2D eigenvalue weighted by Crippen LogP contribution is 2.39. The summed E-state index contributed by atoms with van der Waals surface area (Å²) in [5.41, 5.74) is 4.02. The lowest BCUT2D eigenvalue weighted by Gasteiger charge is -2.35. The van der Waals surface area contributed by atoms with E-state index >= 15 is 0 Å². The zero-order valence-electron chi connectivity index (χ0n) is 19.6. The fourth-order valence-electron chi connectivity index (χ4n) is 4.81. The Balaban J connectivity index is 1.40. The zero-order valence-corrected chi connectivity index (χ0v) is 20.3. The van der Waals surface area contributed by atoms with Crippen LogP contribution in [0.2, 0.25) is 5.02 Å². The van der Waals surface area contributed by atoms with Crippen molar-refractivity contribution < 1.29 is 23.8 Å². The van der Waals surface area contributed by atoms with Gasteiger partial charge < -0.3 is 24.1 Å². The van der Waals surface area contributed by atoms with E-state index in [0.717, 1.165) is 27.7 Å². The molecule has 0 spiro atoms. The predicted octanol–water partition coefficient (Wildman–Crippen LogP) is 4.16. The van der Waals surface area contributed by atoms with E-state index in [-0.39, 0.29) is 24.6 Å². The van der Waals surface area contributed by atoms with Crippen molar-refractivity contribution in [3.63, 3.8) is 0 Å². The highest BCUT2D eigenvalue weighted by Gasteiger charge is 2.35. The molecule has 1 saturated heterocycles. The van der Waals surface area contributed by atoms with Crippen molar-refractivity contribution in [1.82, 2.24) is 14.8 Å². The molecule has 1 aromatic heterocycles. The van der Waals surface area contributed by atoms with E-state index in [4.69, 9.17) is 25.8 Å². The number of nitrogens with one attached hydrogen (secondary N) is 1. The average molecular weight is 498 g/mol. The van der Waals surface area contributed by atoms with Gasteiger partial charge in [-0.2, -0.15) is 0 Å². The lowest BCUT2D eigenvalue weighted by Crippen LogP contribution is -2.43. The SMILES string of the molecule is CCOC(=O)N1CCc2c([nH]c3ccc(Cl)cc23)C1c1ccc(OCC(=O)N2CCOCC2)cc1. The molecule has 1 atom stereocenters. The van der Waals surface area contributed by atoms with Gasteiger partial charge in [0.05, 0.1) is 19.8 Å². The summed E-state index contributed by atoms with van der Waals surface area (Å²) in [4.78, 5) is 32.2. The number of aromatic nitrogens is 1. The maximum atomic E-state index is 12.8. The van der Waals surface area contributed by atoms with Gasteiger partial charge in [0, 0.05) is 41.3 Å². The maximum Gasteiger partial charge on any atom is 0.410 e. The van der Waals surface area contributed by atoms with Crippen LogP contribution in [-0.4, -0.2) is 72.8 Å². The molecule has 2 amide bonds. The molecule has 8 nitrogen and oxygen atoms in total.